The molecular formula is C6H8N4O3. The Morgan fingerprint density at radius 3 is 2.38 bits per heavy atom. The number of nitrogens with two attached hydrogens (primary N) is 1. The van der Waals surface area contributed by atoms with Crippen molar-refractivity contribution >= 4 is 0 Å². The third-order valence-corrected chi connectivity index (χ3v) is 1.69. The number of rotatable bonds is 0. The number of aliphatic hydroxyl groups is 2. The molecule has 0 amide bonds. The average molecular weight is 184 g/mol. The standard InChI is InChI=1S/C6H8N4O3/c7-8-1-4-9(13)3-6(12)10(4)5(11)2-8/h1-3,11-13H,7H2. The Balaban J connectivity index is 2.41. The zero-order valence-corrected chi connectivity index (χ0v) is 6.49. The molecule has 0 fully saturated rings. The maximum atomic E-state index is 9.32. The normalized spacial score (nSPS) is 21.1. The van der Waals surface area contributed by atoms with E-state index in [1.165, 1.54) is 12.4 Å². The molecule has 7 nitrogen and oxygen atoms in total. The number of aliphatic hydroxyl groups excluding tert-OH is 2. The first-order valence-electron chi connectivity index (χ1n) is 3.44. The van der Waals surface area contributed by atoms with E-state index in [9.17, 15) is 15.4 Å². The molecule has 2 aliphatic heterocycles. The molecule has 0 atom stereocenters. The maximum absolute atomic E-state index is 9.32. The first-order valence-corrected chi connectivity index (χ1v) is 3.44. The molecular weight excluding hydrogens is 176 g/mol. The minimum absolute atomic E-state index is 0.153. The second-order valence-corrected chi connectivity index (χ2v) is 2.59. The maximum Gasteiger partial charge on any atom is 0.219 e. The summed E-state index contributed by atoms with van der Waals surface area (Å²) >= 11 is 0. The molecule has 0 aromatic heterocycles. The van der Waals surface area contributed by atoms with Crippen LogP contribution in [0.25, 0.3) is 0 Å². The highest BCUT2D eigenvalue weighted by molar-refractivity contribution is 5.24. The van der Waals surface area contributed by atoms with Gasteiger partial charge in [-0.15, -0.1) is 0 Å². The lowest BCUT2D eigenvalue weighted by atomic mass is 10.5. The summed E-state index contributed by atoms with van der Waals surface area (Å²) in [6.07, 6.45) is 3.56. The zero-order chi connectivity index (χ0) is 9.59. The molecule has 0 aliphatic carbocycles. The van der Waals surface area contributed by atoms with Crippen molar-refractivity contribution in [3.05, 3.63) is 36.2 Å². The van der Waals surface area contributed by atoms with Crippen LogP contribution in [0.15, 0.2) is 36.2 Å². The van der Waals surface area contributed by atoms with Gasteiger partial charge in [-0.1, -0.05) is 0 Å². The lowest BCUT2D eigenvalue weighted by Crippen LogP contribution is -2.33. The molecule has 2 aliphatic rings. The van der Waals surface area contributed by atoms with Crippen LogP contribution in [0.4, 0.5) is 0 Å². The van der Waals surface area contributed by atoms with Gasteiger partial charge >= 0.3 is 0 Å². The van der Waals surface area contributed by atoms with Gasteiger partial charge in [0.2, 0.25) is 11.8 Å². The van der Waals surface area contributed by atoms with Crippen molar-refractivity contribution in [1.82, 2.24) is 15.0 Å². The van der Waals surface area contributed by atoms with Crippen LogP contribution in [0.1, 0.15) is 0 Å². The van der Waals surface area contributed by atoms with E-state index in [0.29, 0.717) is 5.06 Å². The van der Waals surface area contributed by atoms with Gasteiger partial charge in [-0.2, -0.15) is 0 Å². The highest BCUT2D eigenvalue weighted by Gasteiger charge is 2.32. The van der Waals surface area contributed by atoms with Gasteiger partial charge in [0.25, 0.3) is 0 Å². The van der Waals surface area contributed by atoms with Crippen LogP contribution in [0, 0.1) is 0 Å². The van der Waals surface area contributed by atoms with Crippen LogP contribution in [0.2, 0.25) is 0 Å². The number of fused-ring (bicyclic) bond motifs is 1. The first kappa shape index (κ1) is 7.77. The van der Waals surface area contributed by atoms with E-state index in [-0.39, 0.29) is 17.6 Å². The molecule has 13 heavy (non-hydrogen) atoms. The predicted molar refractivity (Wildman–Crippen MR) is 41.0 cm³/mol. The number of hydrogen-bond donors (Lipinski definition) is 4. The summed E-state index contributed by atoms with van der Waals surface area (Å²) in [6, 6.07) is 0. The molecule has 5 N–H and O–H groups in total. The van der Waals surface area contributed by atoms with Gasteiger partial charge < -0.3 is 10.2 Å². The predicted octanol–water partition coefficient (Wildman–Crippen LogP) is -0.305. The molecule has 0 spiro atoms. The van der Waals surface area contributed by atoms with Crippen LogP contribution in [0.3, 0.4) is 0 Å². The molecule has 0 aromatic rings. The quantitative estimate of drug-likeness (QED) is 0.383. The van der Waals surface area contributed by atoms with Crippen molar-refractivity contribution in [1.29, 1.82) is 0 Å². The summed E-state index contributed by atoms with van der Waals surface area (Å²) in [6.45, 7) is 0. The van der Waals surface area contributed by atoms with Crippen molar-refractivity contribution in [2.75, 3.05) is 0 Å². The largest absolute Gasteiger partial charge is 0.493 e. The van der Waals surface area contributed by atoms with Gasteiger partial charge in [0, 0.05) is 0 Å². The minimum atomic E-state index is -0.282. The van der Waals surface area contributed by atoms with Gasteiger partial charge in [0.1, 0.15) is 0 Å². The van der Waals surface area contributed by atoms with E-state index < -0.39 is 0 Å². The molecule has 0 saturated carbocycles. The van der Waals surface area contributed by atoms with E-state index in [4.69, 9.17) is 5.84 Å². The highest BCUT2D eigenvalue weighted by Crippen LogP contribution is 2.28. The van der Waals surface area contributed by atoms with Crippen molar-refractivity contribution in [2.24, 2.45) is 5.84 Å². The lowest BCUT2D eigenvalue weighted by Gasteiger charge is -2.26. The Kier molecular flexibility index (Phi) is 1.38. The summed E-state index contributed by atoms with van der Waals surface area (Å²) in [5, 5.41) is 29.5. The Hall–Kier alpha value is -1.86. The summed E-state index contributed by atoms with van der Waals surface area (Å²) in [4.78, 5) is 1.03. The summed E-state index contributed by atoms with van der Waals surface area (Å²) in [5.74, 6) is 4.94. The smallest absolute Gasteiger partial charge is 0.219 e. The SMILES string of the molecule is NN1C=C(O)N2C(O)=CN(O)C2=C1. The number of hydroxylamine groups is 2. The third kappa shape index (κ3) is 0.983. The summed E-state index contributed by atoms with van der Waals surface area (Å²) in [5.41, 5.74) is 0. The second kappa shape index (κ2) is 2.31. The molecule has 2 rings (SSSR count). The van der Waals surface area contributed by atoms with Crippen molar-refractivity contribution in [3.8, 4) is 0 Å². The van der Waals surface area contributed by atoms with E-state index in [1.54, 1.807) is 0 Å². The van der Waals surface area contributed by atoms with Gasteiger partial charge in [-0.25, -0.2) is 15.8 Å². The highest BCUT2D eigenvalue weighted by atomic mass is 16.5. The molecule has 0 radical (unpaired) electrons. The van der Waals surface area contributed by atoms with E-state index in [0.717, 1.165) is 16.1 Å². The molecule has 0 saturated heterocycles. The minimum Gasteiger partial charge on any atom is -0.493 e. The number of hydrazine groups is 1. The van der Waals surface area contributed by atoms with E-state index >= 15 is 0 Å². The molecule has 0 unspecified atom stereocenters. The van der Waals surface area contributed by atoms with Crippen molar-refractivity contribution < 1.29 is 15.4 Å². The van der Waals surface area contributed by atoms with Gasteiger partial charge in [-0.05, 0) is 0 Å². The molecule has 2 heterocycles. The van der Waals surface area contributed by atoms with Crippen LogP contribution in [-0.4, -0.2) is 30.4 Å². The molecule has 0 aromatic carbocycles. The lowest BCUT2D eigenvalue weighted by molar-refractivity contribution is -0.0193. The Labute approximate surface area is 73.4 Å². The number of nitrogens with zero attached hydrogens (tertiary/aromatic N) is 3. The topological polar surface area (TPSA) is 96.4 Å². The molecule has 0 bridgehead atoms. The first-order chi connectivity index (χ1) is 6.09. The van der Waals surface area contributed by atoms with E-state index in [1.807, 2.05) is 0 Å². The van der Waals surface area contributed by atoms with Crippen molar-refractivity contribution in [2.45, 2.75) is 0 Å². The zero-order valence-electron chi connectivity index (χ0n) is 6.49. The van der Waals surface area contributed by atoms with Gasteiger partial charge in [-0.3, -0.25) is 10.2 Å². The Morgan fingerprint density at radius 2 is 1.69 bits per heavy atom. The van der Waals surface area contributed by atoms with Crippen LogP contribution >= 0.6 is 0 Å². The van der Waals surface area contributed by atoms with Crippen LogP contribution in [-0.2, 0) is 0 Å². The Morgan fingerprint density at radius 1 is 1.08 bits per heavy atom. The molecule has 70 valence electrons. The van der Waals surface area contributed by atoms with Crippen molar-refractivity contribution in [3.63, 3.8) is 0 Å². The fourth-order valence-electron chi connectivity index (χ4n) is 1.17. The van der Waals surface area contributed by atoms with Crippen LogP contribution in [0.5, 0.6) is 0 Å². The van der Waals surface area contributed by atoms with Gasteiger partial charge in [0.15, 0.2) is 5.82 Å². The van der Waals surface area contributed by atoms with E-state index in [2.05, 4.69) is 0 Å². The average Bonchev–Trinajstić information content (AvgIpc) is 2.27. The fraction of sp³-hybridized carbons (Fsp3) is 0. The summed E-state index contributed by atoms with van der Waals surface area (Å²) in [7, 11) is 0. The third-order valence-electron chi connectivity index (χ3n) is 1.69. The van der Waals surface area contributed by atoms with Gasteiger partial charge in [0.05, 0.1) is 18.6 Å². The summed E-state index contributed by atoms with van der Waals surface area (Å²) < 4.78 is 0. The Bertz CT molecular complexity index is 335. The second-order valence-electron chi connectivity index (χ2n) is 2.59. The number of hydrogen-bond acceptors (Lipinski definition) is 7. The molecule has 7 heteroatoms. The van der Waals surface area contributed by atoms with Crippen LogP contribution < -0.4 is 5.84 Å². The monoisotopic (exact) mass is 184 g/mol. The fourth-order valence-corrected chi connectivity index (χ4v) is 1.17.